The van der Waals surface area contributed by atoms with Crippen LogP contribution < -0.4 is 14.8 Å². The van der Waals surface area contributed by atoms with Crippen molar-refractivity contribution in [2.75, 3.05) is 23.4 Å². The summed E-state index contributed by atoms with van der Waals surface area (Å²) >= 11 is 0. The van der Waals surface area contributed by atoms with Gasteiger partial charge in [0.2, 0.25) is 5.91 Å². The van der Waals surface area contributed by atoms with Crippen LogP contribution in [0.2, 0.25) is 0 Å². The number of likely N-dealkylation sites (N-methyl/N-ethyl adjacent to an activating group) is 1. The van der Waals surface area contributed by atoms with Crippen LogP contribution in [-0.2, 0) is 14.6 Å². The highest BCUT2D eigenvalue weighted by Gasteiger charge is 2.43. The second-order valence-corrected chi connectivity index (χ2v) is 8.60. The highest BCUT2D eigenvalue weighted by molar-refractivity contribution is 7.91. The Morgan fingerprint density at radius 3 is 2.69 bits per heavy atom. The standard InChI is InChI=1S/C16H20F2N2O5S/c1-3-20(12-6-7-26(22,23)9-12)15(21)10(2)19-11-4-5-13-14(8-11)25-16(17,18)24-13/h4-5,8,10,12,19H,3,6-7,9H2,1-2H3/t10-,12+/m0/s1. The fourth-order valence-corrected chi connectivity index (χ4v) is 4.95. The average Bonchev–Trinajstić information content (AvgIpc) is 3.04. The van der Waals surface area contributed by atoms with Crippen molar-refractivity contribution in [3.05, 3.63) is 18.2 Å². The van der Waals surface area contributed by atoms with Crippen molar-refractivity contribution in [1.29, 1.82) is 0 Å². The number of halogens is 2. The molecule has 3 rings (SSSR count). The first-order chi connectivity index (χ1) is 12.1. The number of hydrogen-bond acceptors (Lipinski definition) is 6. The van der Waals surface area contributed by atoms with Gasteiger partial charge in [-0.15, -0.1) is 8.78 Å². The Morgan fingerprint density at radius 2 is 2.08 bits per heavy atom. The average molecular weight is 390 g/mol. The zero-order valence-corrected chi connectivity index (χ0v) is 15.2. The van der Waals surface area contributed by atoms with Gasteiger partial charge in [-0.05, 0) is 32.4 Å². The van der Waals surface area contributed by atoms with Crippen molar-refractivity contribution in [1.82, 2.24) is 4.90 Å². The number of amides is 1. The Labute approximate surface area is 150 Å². The van der Waals surface area contributed by atoms with Crippen LogP contribution in [0.3, 0.4) is 0 Å². The minimum absolute atomic E-state index is 0.0294. The van der Waals surface area contributed by atoms with Crippen LogP contribution in [0.1, 0.15) is 20.3 Å². The first kappa shape index (κ1) is 18.7. The number of rotatable bonds is 5. The molecule has 1 amide bonds. The first-order valence-corrected chi connectivity index (χ1v) is 10.1. The number of hydrogen-bond donors (Lipinski definition) is 1. The van der Waals surface area contributed by atoms with Gasteiger partial charge in [-0.25, -0.2) is 8.42 Å². The summed E-state index contributed by atoms with van der Waals surface area (Å²) in [6, 6.07) is 3.16. The number of alkyl halides is 2. The van der Waals surface area contributed by atoms with Crippen LogP contribution in [0.5, 0.6) is 11.5 Å². The monoisotopic (exact) mass is 390 g/mol. The van der Waals surface area contributed by atoms with Crippen molar-refractivity contribution in [2.45, 2.75) is 38.6 Å². The lowest BCUT2D eigenvalue weighted by Gasteiger charge is -2.30. The molecule has 0 unspecified atom stereocenters. The molecule has 2 heterocycles. The van der Waals surface area contributed by atoms with Crippen LogP contribution in [0.25, 0.3) is 0 Å². The molecule has 1 aromatic rings. The van der Waals surface area contributed by atoms with E-state index in [0.717, 1.165) is 0 Å². The Bertz CT molecular complexity index is 815. The van der Waals surface area contributed by atoms with Gasteiger partial charge in [0.1, 0.15) is 6.04 Å². The van der Waals surface area contributed by atoms with Gasteiger partial charge in [0.25, 0.3) is 0 Å². The van der Waals surface area contributed by atoms with Crippen molar-refractivity contribution >= 4 is 21.4 Å². The van der Waals surface area contributed by atoms with Gasteiger partial charge in [-0.1, -0.05) is 0 Å². The van der Waals surface area contributed by atoms with Gasteiger partial charge in [0, 0.05) is 24.3 Å². The number of carbonyl (C=O) groups excluding carboxylic acids is 1. The number of carbonyl (C=O) groups is 1. The molecule has 2 aliphatic heterocycles. The number of anilines is 1. The number of fused-ring (bicyclic) bond motifs is 1. The molecule has 0 bridgehead atoms. The zero-order chi connectivity index (χ0) is 19.1. The van der Waals surface area contributed by atoms with Gasteiger partial charge in [-0.2, -0.15) is 0 Å². The number of benzene rings is 1. The van der Waals surface area contributed by atoms with E-state index < -0.39 is 22.2 Å². The fraction of sp³-hybridized carbons (Fsp3) is 0.562. The van der Waals surface area contributed by atoms with E-state index in [9.17, 15) is 22.0 Å². The largest absolute Gasteiger partial charge is 0.586 e. The zero-order valence-electron chi connectivity index (χ0n) is 14.4. The van der Waals surface area contributed by atoms with Crippen LogP contribution >= 0.6 is 0 Å². The van der Waals surface area contributed by atoms with Crippen LogP contribution in [-0.4, -0.2) is 55.7 Å². The number of nitrogens with zero attached hydrogens (tertiary/aromatic N) is 1. The Balaban J connectivity index is 1.68. The van der Waals surface area contributed by atoms with E-state index in [1.807, 2.05) is 0 Å². The molecule has 0 aromatic heterocycles. The lowest BCUT2D eigenvalue weighted by Crippen LogP contribution is -2.47. The fourth-order valence-electron chi connectivity index (χ4n) is 3.21. The second-order valence-electron chi connectivity index (χ2n) is 6.38. The summed E-state index contributed by atoms with van der Waals surface area (Å²) in [7, 11) is -3.10. The third kappa shape index (κ3) is 3.84. The summed E-state index contributed by atoms with van der Waals surface area (Å²) < 4.78 is 58.2. The summed E-state index contributed by atoms with van der Waals surface area (Å²) in [5.41, 5.74) is 0.418. The smallest absolute Gasteiger partial charge is 0.395 e. The van der Waals surface area contributed by atoms with Crippen LogP contribution in [0, 0.1) is 0 Å². The third-order valence-electron chi connectivity index (χ3n) is 4.43. The molecule has 2 aliphatic rings. The predicted molar refractivity (Wildman–Crippen MR) is 90.2 cm³/mol. The summed E-state index contributed by atoms with van der Waals surface area (Å²) in [6.07, 6.45) is -3.27. The van der Waals surface area contributed by atoms with E-state index in [0.29, 0.717) is 18.7 Å². The van der Waals surface area contributed by atoms with Crippen LogP contribution in [0.15, 0.2) is 18.2 Å². The normalized spacial score (nSPS) is 23.5. The Kier molecular flexibility index (Phi) is 4.72. The molecule has 7 nitrogen and oxygen atoms in total. The maximum absolute atomic E-state index is 13.1. The molecule has 144 valence electrons. The summed E-state index contributed by atoms with van der Waals surface area (Å²) in [4.78, 5) is 14.3. The lowest BCUT2D eigenvalue weighted by atomic mass is 10.1. The van der Waals surface area contributed by atoms with Crippen LogP contribution in [0.4, 0.5) is 14.5 Å². The van der Waals surface area contributed by atoms with E-state index in [1.54, 1.807) is 18.7 Å². The minimum Gasteiger partial charge on any atom is -0.395 e. The lowest BCUT2D eigenvalue weighted by molar-refractivity contribution is -0.286. The molecule has 1 fully saturated rings. The molecule has 26 heavy (non-hydrogen) atoms. The van der Waals surface area contributed by atoms with Gasteiger partial charge in [-0.3, -0.25) is 4.79 Å². The maximum Gasteiger partial charge on any atom is 0.586 e. The van der Waals surface area contributed by atoms with Gasteiger partial charge >= 0.3 is 6.29 Å². The minimum atomic E-state index is -3.70. The quantitative estimate of drug-likeness (QED) is 0.826. The maximum atomic E-state index is 13.1. The van der Waals surface area contributed by atoms with Gasteiger partial charge in [0.05, 0.1) is 11.5 Å². The number of ether oxygens (including phenoxy) is 2. The molecule has 1 N–H and O–H groups in total. The van der Waals surface area contributed by atoms with E-state index in [4.69, 9.17) is 0 Å². The number of sulfone groups is 1. The van der Waals surface area contributed by atoms with Crippen molar-refractivity contribution in [3.63, 3.8) is 0 Å². The SMILES string of the molecule is CCN(C(=O)[C@H](C)Nc1ccc2c(c1)OC(F)(F)O2)[C@@H]1CCS(=O)(=O)C1. The molecule has 0 saturated carbocycles. The molecular weight excluding hydrogens is 370 g/mol. The Morgan fingerprint density at radius 1 is 1.38 bits per heavy atom. The second kappa shape index (κ2) is 6.57. The molecule has 0 spiro atoms. The molecule has 2 atom stereocenters. The predicted octanol–water partition coefficient (Wildman–Crippen LogP) is 1.84. The van der Waals surface area contributed by atoms with E-state index in [-0.39, 0.29) is 35.0 Å². The van der Waals surface area contributed by atoms with Crippen molar-refractivity contribution in [2.24, 2.45) is 0 Å². The molecule has 10 heteroatoms. The highest BCUT2D eigenvalue weighted by Crippen LogP contribution is 2.42. The highest BCUT2D eigenvalue weighted by atomic mass is 32.2. The summed E-state index contributed by atoms with van der Waals surface area (Å²) in [5.74, 6) is -0.393. The summed E-state index contributed by atoms with van der Waals surface area (Å²) in [6.45, 7) is 3.81. The molecular formula is C16H20F2N2O5S. The van der Waals surface area contributed by atoms with Crippen molar-refractivity contribution < 1.29 is 31.5 Å². The Hall–Kier alpha value is -2.10. The van der Waals surface area contributed by atoms with E-state index in [1.165, 1.54) is 18.2 Å². The topological polar surface area (TPSA) is 84.9 Å². The van der Waals surface area contributed by atoms with Gasteiger partial charge < -0.3 is 19.7 Å². The van der Waals surface area contributed by atoms with Gasteiger partial charge in [0.15, 0.2) is 21.3 Å². The summed E-state index contributed by atoms with van der Waals surface area (Å²) in [5, 5.41) is 2.94. The molecule has 0 radical (unpaired) electrons. The molecule has 0 aliphatic carbocycles. The first-order valence-electron chi connectivity index (χ1n) is 8.27. The number of nitrogens with one attached hydrogen (secondary N) is 1. The van der Waals surface area contributed by atoms with E-state index >= 15 is 0 Å². The molecule has 1 aromatic carbocycles. The van der Waals surface area contributed by atoms with E-state index in [2.05, 4.69) is 14.8 Å². The third-order valence-corrected chi connectivity index (χ3v) is 6.18. The molecule has 1 saturated heterocycles. The van der Waals surface area contributed by atoms with Crippen molar-refractivity contribution in [3.8, 4) is 11.5 Å².